The Morgan fingerprint density at radius 3 is 2.15 bits per heavy atom. The molecule has 20 heavy (non-hydrogen) atoms. The number of carbonyl (C=O) groups is 1. The van der Waals surface area contributed by atoms with Crippen LogP contribution in [-0.4, -0.2) is 11.6 Å². The van der Waals surface area contributed by atoms with Crippen molar-refractivity contribution in [3.8, 4) is 0 Å². The van der Waals surface area contributed by atoms with Crippen LogP contribution in [0.15, 0.2) is 18.2 Å². The Morgan fingerprint density at radius 1 is 1.20 bits per heavy atom. The Labute approximate surface area is 116 Å². The Balaban J connectivity index is 3.01. The molecule has 0 aromatic heterocycles. The number of esters is 1. The van der Waals surface area contributed by atoms with E-state index < -0.39 is 29.2 Å². The van der Waals surface area contributed by atoms with Crippen LogP contribution >= 0.6 is 0 Å². The predicted octanol–water partition coefficient (Wildman–Crippen LogP) is 4.46. The number of hydrogen-bond donors (Lipinski definition) is 0. The van der Waals surface area contributed by atoms with Crippen molar-refractivity contribution in [1.29, 1.82) is 0 Å². The van der Waals surface area contributed by atoms with E-state index in [1.54, 1.807) is 34.6 Å². The molecule has 1 rings (SSSR count). The van der Waals surface area contributed by atoms with E-state index in [2.05, 4.69) is 0 Å². The molecule has 5 heteroatoms. The standard InChI is InChI=1S/C15H19F3O2/c1-9-8-11(15(16,17)18)6-7-12(9)10(2)13(19)20-14(3,4)5/h6-8,10H,1-5H3. The Morgan fingerprint density at radius 2 is 1.75 bits per heavy atom. The van der Waals surface area contributed by atoms with Crippen LogP contribution in [0.1, 0.15) is 50.3 Å². The van der Waals surface area contributed by atoms with Crippen LogP contribution < -0.4 is 0 Å². The average molecular weight is 288 g/mol. The van der Waals surface area contributed by atoms with Gasteiger partial charge >= 0.3 is 12.1 Å². The predicted molar refractivity (Wildman–Crippen MR) is 70.4 cm³/mol. The molecule has 0 N–H and O–H groups in total. The summed E-state index contributed by atoms with van der Waals surface area (Å²) in [5, 5.41) is 0. The lowest BCUT2D eigenvalue weighted by Gasteiger charge is -2.23. The van der Waals surface area contributed by atoms with Crippen molar-refractivity contribution in [2.75, 3.05) is 0 Å². The van der Waals surface area contributed by atoms with Gasteiger partial charge in [-0.15, -0.1) is 0 Å². The van der Waals surface area contributed by atoms with E-state index in [0.717, 1.165) is 12.1 Å². The highest BCUT2D eigenvalue weighted by atomic mass is 19.4. The highest BCUT2D eigenvalue weighted by Gasteiger charge is 2.31. The highest BCUT2D eigenvalue weighted by Crippen LogP contribution is 2.32. The molecule has 0 heterocycles. The van der Waals surface area contributed by atoms with Crippen LogP contribution in [0.4, 0.5) is 13.2 Å². The molecule has 0 aliphatic heterocycles. The van der Waals surface area contributed by atoms with E-state index in [-0.39, 0.29) is 0 Å². The van der Waals surface area contributed by atoms with Gasteiger partial charge in [0.05, 0.1) is 11.5 Å². The van der Waals surface area contributed by atoms with Gasteiger partial charge in [0, 0.05) is 0 Å². The lowest BCUT2D eigenvalue weighted by atomic mass is 9.94. The third kappa shape index (κ3) is 4.25. The highest BCUT2D eigenvalue weighted by molar-refractivity contribution is 5.78. The zero-order chi connectivity index (χ0) is 15.7. The zero-order valence-corrected chi connectivity index (χ0v) is 12.3. The monoisotopic (exact) mass is 288 g/mol. The lowest BCUT2D eigenvalue weighted by Crippen LogP contribution is -2.27. The van der Waals surface area contributed by atoms with E-state index in [1.165, 1.54) is 6.07 Å². The molecule has 1 aromatic rings. The SMILES string of the molecule is Cc1cc(C(F)(F)F)ccc1C(C)C(=O)OC(C)(C)C. The molecule has 0 radical (unpaired) electrons. The first-order valence-electron chi connectivity index (χ1n) is 6.32. The molecule has 112 valence electrons. The molecule has 0 fully saturated rings. The third-order valence-electron chi connectivity index (χ3n) is 2.82. The molecule has 1 unspecified atom stereocenters. The first-order valence-corrected chi connectivity index (χ1v) is 6.32. The summed E-state index contributed by atoms with van der Waals surface area (Å²) in [5.41, 5.74) is -0.355. The summed E-state index contributed by atoms with van der Waals surface area (Å²) >= 11 is 0. The van der Waals surface area contributed by atoms with Crippen molar-refractivity contribution >= 4 is 5.97 Å². The smallest absolute Gasteiger partial charge is 0.416 e. The number of carbonyl (C=O) groups excluding carboxylic acids is 1. The molecule has 0 spiro atoms. The minimum Gasteiger partial charge on any atom is -0.460 e. The minimum atomic E-state index is -4.38. The lowest BCUT2D eigenvalue weighted by molar-refractivity contribution is -0.156. The Kier molecular flexibility index (Phi) is 4.52. The Bertz CT molecular complexity index is 499. The van der Waals surface area contributed by atoms with Crippen molar-refractivity contribution in [1.82, 2.24) is 0 Å². The van der Waals surface area contributed by atoms with Gasteiger partial charge in [-0.1, -0.05) is 6.07 Å². The number of benzene rings is 1. The van der Waals surface area contributed by atoms with Crippen molar-refractivity contribution in [3.05, 3.63) is 34.9 Å². The van der Waals surface area contributed by atoms with Crippen LogP contribution in [0, 0.1) is 6.92 Å². The second-order valence-corrected chi connectivity index (χ2v) is 5.82. The fourth-order valence-electron chi connectivity index (χ4n) is 1.86. The quantitative estimate of drug-likeness (QED) is 0.751. The fraction of sp³-hybridized carbons (Fsp3) is 0.533. The normalized spacial score (nSPS) is 14.0. The molecule has 1 aromatic carbocycles. The summed E-state index contributed by atoms with van der Waals surface area (Å²) < 4.78 is 43.0. The zero-order valence-electron chi connectivity index (χ0n) is 12.3. The molecule has 0 amide bonds. The second kappa shape index (κ2) is 5.46. The maximum absolute atomic E-state index is 12.6. The maximum Gasteiger partial charge on any atom is 0.416 e. The third-order valence-corrected chi connectivity index (χ3v) is 2.82. The molecule has 0 aliphatic carbocycles. The van der Waals surface area contributed by atoms with Crippen molar-refractivity contribution in [2.45, 2.75) is 52.3 Å². The van der Waals surface area contributed by atoms with E-state index in [0.29, 0.717) is 11.1 Å². The molecule has 0 saturated heterocycles. The number of hydrogen-bond acceptors (Lipinski definition) is 2. The number of rotatable bonds is 2. The summed E-state index contributed by atoms with van der Waals surface area (Å²) in [4.78, 5) is 11.9. The molecular weight excluding hydrogens is 269 g/mol. The summed E-state index contributed by atoms with van der Waals surface area (Å²) in [6.45, 7) is 8.43. The molecule has 0 bridgehead atoms. The van der Waals surface area contributed by atoms with Gasteiger partial charge in [0.25, 0.3) is 0 Å². The molecule has 0 saturated carbocycles. The van der Waals surface area contributed by atoms with Gasteiger partial charge in [0.15, 0.2) is 0 Å². The van der Waals surface area contributed by atoms with Gasteiger partial charge in [-0.3, -0.25) is 4.79 Å². The number of aryl methyl sites for hydroxylation is 1. The minimum absolute atomic E-state index is 0.429. The van der Waals surface area contributed by atoms with Gasteiger partial charge < -0.3 is 4.74 Å². The first-order chi connectivity index (χ1) is 8.92. The van der Waals surface area contributed by atoms with Crippen molar-refractivity contribution < 1.29 is 22.7 Å². The molecule has 0 aliphatic rings. The van der Waals surface area contributed by atoms with Gasteiger partial charge in [0.2, 0.25) is 0 Å². The molecule has 1 atom stereocenters. The fourth-order valence-corrected chi connectivity index (χ4v) is 1.86. The average Bonchev–Trinajstić information content (AvgIpc) is 2.24. The van der Waals surface area contributed by atoms with Gasteiger partial charge in [-0.2, -0.15) is 13.2 Å². The van der Waals surface area contributed by atoms with E-state index >= 15 is 0 Å². The summed E-state index contributed by atoms with van der Waals surface area (Å²) in [6, 6.07) is 3.38. The van der Waals surface area contributed by atoms with Crippen LogP contribution in [0.2, 0.25) is 0 Å². The van der Waals surface area contributed by atoms with E-state index in [4.69, 9.17) is 4.74 Å². The Hall–Kier alpha value is -1.52. The maximum atomic E-state index is 12.6. The summed E-state index contributed by atoms with van der Waals surface area (Å²) in [6.07, 6.45) is -4.38. The first kappa shape index (κ1) is 16.5. The second-order valence-electron chi connectivity index (χ2n) is 5.82. The molecular formula is C15H19F3O2. The van der Waals surface area contributed by atoms with Crippen LogP contribution in [0.3, 0.4) is 0 Å². The van der Waals surface area contributed by atoms with Crippen LogP contribution in [0.5, 0.6) is 0 Å². The van der Waals surface area contributed by atoms with E-state index in [1.807, 2.05) is 0 Å². The molecule has 2 nitrogen and oxygen atoms in total. The number of ether oxygens (including phenoxy) is 1. The van der Waals surface area contributed by atoms with Crippen LogP contribution in [0.25, 0.3) is 0 Å². The van der Waals surface area contributed by atoms with Gasteiger partial charge in [-0.25, -0.2) is 0 Å². The summed E-state index contributed by atoms with van der Waals surface area (Å²) in [5.74, 6) is -1.04. The largest absolute Gasteiger partial charge is 0.460 e. The van der Waals surface area contributed by atoms with Crippen molar-refractivity contribution in [2.24, 2.45) is 0 Å². The number of halogens is 3. The number of alkyl halides is 3. The van der Waals surface area contributed by atoms with E-state index in [9.17, 15) is 18.0 Å². The summed E-state index contributed by atoms with van der Waals surface area (Å²) in [7, 11) is 0. The van der Waals surface area contributed by atoms with Gasteiger partial charge in [-0.05, 0) is 57.9 Å². The van der Waals surface area contributed by atoms with Gasteiger partial charge in [0.1, 0.15) is 5.60 Å². The van der Waals surface area contributed by atoms with Crippen LogP contribution in [-0.2, 0) is 15.7 Å². The van der Waals surface area contributed by atoms with Crippen molar-refractivity contribution in [3.63, 3.8) is 0 Å². The topological polar surface area (TPSA) is 26.3 Å².